The van der Waals surface area contributed by atoms with E-state index in [1.54, 1.807) is 18.6 Å². The van der Waals surface area contributed by atoms with Gasteiger partial charge < -0.3 is 4.74 Å². The van der Waals surface area contributed by atoms with E-state index < -0.39 is 0 Å². The second kappa shape index (κ2) is 9.07. The fraction of sp³-hybridized carbons (Fsp3) is 0.250. The molecule has 4 aromatic rings. The van der Waals surface area contributed by atoms with Gasteiger partial charge in [0.2, 0.25) is 0 Å². The van der Waals surface area contributed by atoms with Gasteiger partial charge in [0.1, 0.15) is 5.75 Å². The number of benzene rings is 3. The molecule has 0 fully saturated rings. The Morgan fingerprint density at radius 2 is 1.65 bits per heavy atom. The van der Waals surface area contributed by atoms with Crippen molar-refractivity contribution in [3.63, 3.8) is 0 Å². The first-order chi connectivity index (χ1) is 15.3. The van der Waals surface area contributed by atoms with Crippen molar-refractivity contribution < 1.29 is 4.74 Å². The molecule has 1 unspecified atom stereocenters. The van der Waals surface area contributed by atoms with Gasteiger partial charge in [0, 0.05) is 4.88 Å². The van der Waals surface area contributed by atoms with Crippen LogP contribution in [0.5, 0.6) is 5.75 Å². The number of rotatable bonds is 6. The molecule has 1 aliphatic carbocycles. The fourth-order valence-electron chi connectivity index (χ4n) is 4.88. The molecule has 0 amide bonds. The number of hydrogen-bond donors (Lipinski definition) is 0. The minimum Gasteiger partial charge on any atom is -0.496 e. The number of aromatic nitrogens is 1. The average molecular weight is 426 g/mol. The van der Waals surface area contributed by atoms with Gasteiger partial charge in [0.15, 0.2) is 0 Å². The van der Waals surface area contributed by atoms with Crippen molar-refractivity contribution in [2.45, 2.75) is 31.6 Å². The molecular formula is C28H27NOS. The van der Waals surface area contributed by atoms with E-state index in [1.165, 1.54) is 33.6 Å². The van der Waals surface area contributed by atoms with Crippen LogP contribution in [0.15, 0.2) is 84.9 Å². The van der Waals surface area contributed by atoms with Gasteiger partial charge in [-0.3, -0.25) is 0 Å². The molecule has 156 valence electrons. The fourth-order valence-corrected chi connectivity index (χ4v) is 5.75. The summed E-state index contributed by atoms with van der Waals surface area (Å²) in [5.74, 6) is 1.90. The molecule has 0 saturated carbocycles. The predicted molar refractivity (Wildman–Crippen MR) is 128 cm³/mol. The smallest absolute Gasteiger partial charge is 0.122 e. The zero-order valence-corrected chi connectivity index (χ0v) is 18.6. The SMILES string of the molecule is COc1cccc2c1CCC(Cc1cc(C(c3ccccc3)c3ccccc3)ns1)C2. The van der Waals surface area contributed by atoms with Crippen LogP contribution in [0, 0.1) is 5.92 Å². The minimum absolute atomic E-state index is 0.184. The molecule has 3 heteroatoms. The topological polar surface area (TPSA) is 22.1 Å². The largest absolute Gasteiger partial charge is 0.496 e. The Morgan fingerprint density at radius 1 is 0.935 bits per heavy atom. The molecule has 1 heterocycles. The summed E-state index contributed by atoms with van der Waals surface area (Å²) in [7, 11) is 1.77. The Labute approximate surface area is 188 Å². The van der Waals surface area contributed by atoms with E-state index in [0.29, 0.717) is 5.92 Å². The molecule has 5 rings (SSSR count). The lowest BCUT2D eigenvalue weighted by Crippen LogP contribution is -2.16. The van der Waals surface area contributed by atoms with Crippen molar-refractivity contribution in [3.05, 3.63) is 118 Å². The van der Waals surface area contributed by atoms with Crippen molar-refractivity contribution >= 4 is 11.5 Å². The van der Waals surface area contributed by atoms with Crippen LogP contribution >= 0.6 is 11.5 Å². The summed E-state index contributed by atoms with van der Waals surface area (Å²) in [6, 6.07) is 30.3. The Balaban J connectivity index is 1.38. The summed E-state index contributed by atoms with van der Waals surface area (Å²) in [5, 5.41) is 0. The van der Waals surface area contributed by atoms with E-state index in [-0.39, 0.29) is 5.92 Å². The van der Waals surface area contributed by atoms with Crippen molar-refractivity contribution in [1.29, 1.82) is 0 Å². The van der Waals surface area contributed by atoms with E-state index in [1.807, 2.05) is 0 Å². The zero-order chi connectivity index (χ0) is 21.0. The van der Waals surface area contributed by atoms with Gasteiger partial charge in [-0.05, 0) is 77.5 Å². The van der Waals surface area contributed by atoms with Gasteiger partial charge in [0.25, 0.3) is 0 Å². The van der Waals surface area contributed by atoms with Crippen LogP contribution in [0.3, 0.4) is 0 Å². The van der Waals surface area contributed by atoms with E-state index in [2.05, 4.69) is 84.9 Å². The molecule has 31 heavy (non-hydrogen) atoms. The maximum absolute atomic E-state index is 5.57. The third-order valence-electron chi connectivity index (χ3n) is 6.39. The quantitative estimate of drug-likeness (QED) is 0.344. The van der Waals surface area contributed by atoms with Gasteiger partial charge in [-0.2, -0.15) is 4.37 Å². The Kier molecular flexibility index (Phi) is 5.86. The highest BCUT2D eigenvalue weighted by Gasteiger charge is 2.24. The average Bonchev–Trinajstić information content (AvgIpc) is 3.28. The summed E-state index contributed by atoms with van der Waals surface area (Å²) in [5.41, 5.74) is 6.61. The van der Waals surface area contributed by atoms with E-state index in [9.17, 15) is 0 Å². The molecule has 0 radical (unpaired) electrons. The van der Waals surface area contributed by atoms with Crippen LogP contribution in [0.4, 0.5) is 0 Å². The third-order valence-corrected chi connectivity index (χ3v) is 7.21. The molecular weight excluding hydrogens is 398 g/mol. The number of methoxy groups -OCH3 is 1. The summed E-state index contributed by atoms with van der Waals surface area (Å²) < 4.78 is 10.5. The first kappa shape index (κ1) is 20.0. The van der Waals surface area contributed by atoms with Crippen LogP contribution in [0.25, 0.3) is 0 Å². The Hall–Kier alpha value is -2.91. The lowest BCUT2D eigenvalue weighted by atomic mass is 9.81. The van der Waals surface area contributed by atoms with Gasteiger partial charge in [-0.1, -0.05) is 72.8 Å². The van der Waals surface area contributed by atoms with Crippen LogP contribution in [0.1, 0.15) is 45.2 Å². The van der Waals surface area contributed by atoms with Gasteiger partial charge in [-0.25, -0.2) is 0 Å². The molecule has 0 aliphatic heterocycles. The van der Waals surface area contributed by atoms with Gasteiger partial charge in [-0.15, -0.1) is 0 Å². The molecule has 2 nitrogen and oxygen atoms in total. The van der Waals surface area contributed by atoms with E-state index in [4.69, 9.17) is 9.11 Å². The molecule has 1 aliphatic rings. The highest BCUT2D eigenvalue weighted by Crippen LogP contribution is 2.36. The lowest BCUT2D eigenvalue weighted by molar-refractivity contribution is 0.394. The van der Waals surface area contributed by atoms with Gasteiger partial charge >= 0.3 is 0 Å². The van der Waals surface area contributed by atoms with Crippen molar-refractivity contribution in [2.75, 3.05) is 7.11 Å². The predicted octanol–water partition coefficient (Wildman–Crippen LogP) is 6.68. The zero-order valence-electron chi connectivity index (χ0n) is 17.8. The number of hydrogen-bond acceptors (Lipinski definition) is 3. The van der Waals surface area contributed by atoms with E-state index in [0.717, 1.165) is 30.7 Å². The van der Waals surface area contributed by atoms with Crippen LogP contribution < -0.4 is 4.74 Å². The summed E-state index contributed by atoms with van der Waals surface area (Å²) >= 11 is 1.68. The Bertz CT molecular complexity index is 1100. The second-order valence-corrected chi connectivity index (χ2v) is 9.27. The second-order valence-electron chi connectivity index (χ2n) is 8.38. The van der Waals surface area contributed by atoms with Crippen LogP contribution in [0.2, 0.25) is 0 Å². The Morgan fingerprint density at radius 3 is 2.32 bits per heavy atom. The molecule has 3 aromatic carbocycles. The molecule has 0 bridgehead atoms. The van der Waals surface area contributed by atoms with Crippen molar-refractivity contribution in [3.8, 4) is 5.75 Å². The monoisotopic (exact) mass is 425 g/mol. The van der Waals surface area contributed by atoms with Crippen LogP contribution in [-0.2, 0) is 19.3 Å². The first-order valence-corrected chi connectivity index (χ1v) is 11.8. The highest BCUT2D eigenvalue weighted by atomic mass is 32.1. The minimum atomic E-state index is 0.184. The highest BCUT2D eigenvalue weighted by molar-refractivity contribution is 7.05. The summed E-state index contributed by atoms with van der Waals surface area (Å²) in [4.78, 5) is 1.39. The van der Waals surface area contributed by atoms with Crippen molar-refractivity contribution in [1.82, 2.24) is 4.37 Å². The molecule has 0 spiro atoms. The molecule has 1 aromatic heterocycles. The van der Waals surface area contributed by atoms with Crippen LogP contribution in [-0.4, -0.2) is 11.5 Å². The third kappa shape index (κ3) is 4.28. The summed E-state index contributed by atoms with van der Waals surface area (Å²) in [6.07, 6.45) is 4.54. The molecule has 0 saturated heterocycles. The maximum Gasteiger partial charge on any atom is 0.122 e. The number of nitrogens with zero attached hydrogens (tertiary/aromatic N) is 1. The van der Waals surface area contributed by atoms with E-state index >= 15 is 0 Å². The number of ether oxygens (including phenoxy) is 1. The first-order valence-electron chi connectivity index (χ1n) is 11.0. The molecule has 1 atom stereocenters. The number of fused-ring (bicyclic) bond motifs is 1. The standard InChI is InChI=1S/C28H27NOS/c1-30-27-14-8-13-23-17-20(15-16-25(23)27)18-24-19-26(29-31-24)28(21-9-4-2-5-10-21)22-11-6-3-7-12-22/h2-14,19-20,28H,15-18H2,1H3. The van der Waals surface area contributed by atoms with Gasteiger partial charge in [0.05, 0.1) is 18.7 Å². The summed E-state index contributed by atoms with van der Waals surface area (Å²) in [6.45, 7) is 0. The maximum atomic E-state index is 5.57. The van der Waals surface area contributed by atoms with Crippen molar-refractivity contribution in [2.24, 2.45) is 5.92 Å². The normalized spacial score (nSPS) is 15.6. The lowest BCUT2D eigenvalue weighted by Gasteiger charge is -2.25. The molecule has 0 N–H and O–H groups in total.